The molecule has 1 aromatic heterocycles. The zero-order valence-electron chi connectivity index (χ0n) is 17.9. The van der Waals surface area contributed by atoms with Crippen molar-refractivity contribution in [1.29, 1.82) is 0 Å². The molecule has 160 valence electrons. The Morgan fingerprint density at radius 1 is 1.03 bits per heavy atom. The predicted molar refractivity (Wildman–Crippen MR) is 113 cm³/mol. The Morgan fingerprint density at radius 2 is 1.63 bits per heavy atom. The van der Waals surface area contributed by atoms with Crippen LogP contribution in [0.25, 0.3) is 0 Å². The van der Waals surface area contributed by atoms with Gasteiger partial charge in [0.05, 0.1) is 11.3 Å². The molecule has 2 aromatic rings. The number of carbonyl (C=O) groups is 3. The molecular formula is C23H28FN3O3. The fourth-order valence-corrected chi connectivity index (χ4v) is 4.26. The standard InChI is InChI=1S/C23H28FN3O3/c1-14-18(21(29)25-17-10-8-16(24)9-11-17)15(2)27(4)19(14)20(28)22(30)26-23(3)12-6-5-7-13-23/h8-11H,5-7,12-13H2,1-4H3,(H,25,29)(H,26,30). The first kappa shape index (κ1) is 21.7. The second kappa shape index (κ2) is 8.42. The minimum absolute atomic E-state index is 0.202. The van der Waals surface area contributed by atoms with E-state index >= 15 is 0 Å². The van der Waals surface area contributed by atoms with Crippen molar-refractivity contribution in [2.24, 2.45) is 7.05 Å². The average Bonchev–Trinajstić information content (AvgIpc) is 2.92. The van der Waals surface area contributed by atoms with Gasteiger partial charge in [-0.15, -0.1) is 0 Å². The summed E-state index contributed by atoms with van der Waals surface area (Å²) in [5.41, 5.74) is 1.63. The summed E-state index contributed by atoms with van der Waals surface area (Å²) in [6.07, 6.45) is 4.90. The van der Waals surface area contributed by atoms with Gasteiger partial charge in [0.2, 0.25) is 0 Å². The number of anilines is 1. The number of hydrogen-bond acceptors (Lipinski definition) is 3. The number of Topliss-reactive ketones (excluding diaryl/α,β-unsaturated/α-hetero) is 1. The van der Waals surface area contributed by atoms with E-state index in [2.05, 4.69) is 10.6 Å². The quantitative estimate of drug-likeness (QED) is 0.573. The molecule has 0 bridgehead atoms. The minimum atomic E-state index is -0.647. The molecule has 1 aromatic carbocycles. The number of halogens is 1. The lowest BCUT2D eigenvalue weighted by molar-refractivity contribution is -0.119. The third-order valence-corrected chi connectivity index (χ3v) is 6.05. The van der Waals surface area contributed by atoms with Crippen molar-refractivity contribution in [2.45, 2.75) is 58.4 Å². The van der Waals surface area contributed by atoms with E-state index in [4.69, 9.17) is 0 Å². The second-order valence-electron chi connectivity index (χ2n) is 8.36. The largest absolute Gasteiger partial charge is 0.344 e. The van der Waals surface area contributed by atoms with Crippen LogP contribution in [0.15, 0.2) is 24.3 Å². The lowest BCUT2D eigenvalue weighted by Crippen LogP contribution is -2.50. The molecule has 1 aliphatic carbocycles. The van der Waals surface area contributed by atoms with Crippen molar-refractivity contribution >= 4 is 23.3 Å². The molecule has 1 saturated carbocycles. The topological polar surface area (TPSA) is 80.2 Å². The Bertz CT molecular complexity index is 986. The van der Waals surface area contributed by atoms with Crippen molar-refractivity contribution in [1.82, 2.24) is 9.88 Å². The normalized spacial score (nSPS) is 15.5. The van der Waals surface area contributed by atoms with Gasteiger partial charge in [0.25, 0.3) is 17.6 Å². The molecule has 0 unspecified atom stereocenters. The van der Waals surface area contributed by atoms with Crippen LogP contribution in [0.1, 0.15) is 71.1 Å². The van der Waals surface area contributed by atoms with E-state index in [-0.39, 0.29) is 11.2 Å². The Labute approximate surface area is 175 Å². The number of rotatable bonds is 5. The van der Waals surface area contributed by atoms with Crippen LogP contribution in [0.3, 0.4) is 0 Å². The highest BCUT2D eigenvalue weighted by atomic mass is 19.1. The minimum Gasteiger partial charge on any atom is -0.344 e. The first-order valence-corrected chi connectivity index (χ1v) is 10.2. The van der Waals surface area contributed by atoms with Crippen LogP contribution < -0.4 is 10.6 Å². The lowest BCUT2D eigenvalue weighted by Gasteiger charge is -2.34. The van der Waals surface area contributed by atoms with Gasteiger partial charge < -0.3 is 15.2 Å². The van der Waals surface area contributed by atoms with Crippen molar-refractivity contribution in [3.05, 3.63) is 52.6 Å². The first-order chi connectivity index (χ1) is 14.1. The Hall–Kier alpha value is -2.96. The number of hydrogen-bond donors (Lipinski definition) is 2. The second-order valence-corrected chi connectivity index (χ2v) is 8.36. The van der Waals surface area contributed by atoms with Crippen LogP contribution in [0.4, 0.5) is 10.1 Å². The van der Waals surface area contributed by atoms with Crippen LogP contribution >= 0.6 is 0 Å². The number of ketones is 1. The Morgan fingerprint density at radius 3 is 2.23 bits per heavy atom. The summed E-state index contributed by atoms with van der Waals surface area (Å²) in [5.74, 6) is -2.10. The van der Waals surface area contributed by atoms with Gasteiger partial charge in [-0.3, -0.25) is 14.4 Å². The van der Waals surface area contributed by atoms with Gasteiger partial charge >= 0.3 is 0 Å². The molecule has 2 N–H and O–H groups in total. The van der Waals surface area contributed by atoms with Gasteiger partial charge in [-0.05, 0) is 63.4 Å². The van der Waals surface area contributed by atoms with Gasteiger partial charge in [0.15, 0.2) is 0 Å². The Kier molecular flexibility index (Phi) is 6.10. The summed E-state index contributed by atoms with van der Waals surface area (Å²) in [4.78, 5) is 38.5. The Balaban J connectivity index is 1.84. The highest BCUT2D eigenvalue weighted by molar-refractivity contribution is 6.43. The van der Waals surface area contributed by atoms with E-state index in [1.54, 1.807) is 25.5 Å². The van der Waals surface area contributed by atoms with Crippen molar-refractivity contribution in [2.75, 3.05) is 5.32 Å². The van der Waals surface area contributed by atoms with Crippen molar-refractivity contribution in [3.63, 3.8) is 0 Å². The summed E-state index contributed by atoms with van der Waals surface area (Å²) in [7, 11) is 1.67. The smallest absolute Gasteiger partial charge is 0.294 e. The predicted octanol–water partition coefficient (Wildman–Crippen LogP) is 4.06. The zero-order chi connectivity index (χ0) is 22.1. The van der Waals surface area contributed by atoms with E-state index in [1.807, 2.05) is 6.92 Å². The summed E-state index contributed by atoms with van der Waals surface area (Å²) in [6.45, 7) is 5.36. The molecule has 1 aliphatic rings. The summed E-state index contributed by atoms with van der Waals surface area (Å²) in [5, 5.41) is 5.63. The van der Waals surface area contributed by atoms with Gasteiger partial charge in [0, 0.05) is 24.0 Å². The molecule has 0 radical (unpaired) electrons. The van der Waals surface area contributed by atoms with Gasteiger partial charge in [-0.2, -0.15) is 0 Å². The summed E-state index contributed by atoms with van der Waals surface area (Å²) in [6, 6.07) is 5.44. The average molecular weight is 413 g/mol. The monoisotopic (exact) mass is 413 g/mol. The van der Waals surface area contributed by atoms with E-state index in [9.17, 15) is 18.8 Å². The third kappa shape index (κ3) is 4.30. The van der Waals surface area contributed by atoms with Crippen LogP contribution in [-0.4, -0.2) is 27.7 Å². The molecule has 2 amide bonds. The molecule has 1 fully saturated rings. The van der Waals surface area contributed by atoms with Crippen LogP contribution in [-0.2, 0) is 11.8 Å². The molecule has 3 rings (SSSR count). The molecule has 30 heavy (non-hydrogen) atoms. The molecule has 0 saturated heterocycles. The summed E-state index contributed by atoms with van der Waals surface area (Å²) >= 11 is 0. The van der Waals surface area contributed by atoms with Crippen molar-refractivity contribution < 1.29 is 18.8 Å². The summed E-state index contributed by atoms with van der Waals surface area (Å²) < 4.78 is 14.7. The maximum atomic E-state index is 13.1. The van der Waals surface area contributed by atoms with Crippen LogP contribution in [0, 0.1) is 19.7 Å². The van der Waals surface area contributed by atoms with Gasteiger partial charge in [-0.25, -0.2) is 4.39 Å². The molecule has 0 atom stereocenters. The molecule has 0 spiro atoms. The molecule has 6 nitrogen and oxygen atoms in total. The third-order valence-electron chi connectivity index (χ3n) is 6.05. The number of benzene rings is 1. The first-order valence-electron chi connectivity index (χ1n) is 10.2. The molecule has 0 aliphatic heterocycles. The number of nitrogens with one attached hydrogen (secondary N) is 2. The van der Waals surface area contributed by atoms with E-state index in [0.29, 0.717) is 22.5 Å². The highest BCUT2D eigenvalue weighted by Crippen LogP contribution is 2.28. The number of amides is 2. The van der Waals surface area contributed by atoms with Gasteiger partial charge in [-0.1, -0.05) is 19.3 Å². The highest BCUT2D eigenvalue weighted by Gasteiger charge is 2.34. The lowest BCUT2D eigenvalue weighted by atomic mass is 9.83. The van der Waals surface area contributed by atoms with Crippen LogP contribution in [0.5, 0.6) is 0 Å². The fourth-order valence-electron chi connectivity index (χ4n) is 4.26. The number of nitrogens with zero attached hydrogens (tertiary/aromatic N) is 1. The van der Waals surface area contributed by atoms with Crippen molar-refractivity contribution in [3.8, 4) is 0 Å². The molecular weight excluding hydrogens is 385 g/mol. The maximum Gasteiger partial charge on any atom is 0.294 e. The van der Waals surface area contributed by atoms with E-state index < -0.39 is 23.4 Å². The zero-order valence-corrected chi connectivity index (χ0v) is 17.9. The SMILES string of the molecule is Cc1c(C(=O)Nc2ccc(F)cc2)c(C)n(C)c1C(=O)C(=O)NC1(C)CCCCC1. The maximum absolute atomic E-state index is 13.1. The van der Waals surface area contributed by atoms with Gasteiger partial charge in [0.1, 0.15) is 5.82 Å². The van der Waals surface area contributed by atoms with E-state index in [0.717, 1.165) is 32.1 Å². The molecule has 7 heteroatoms. The molecule has 1 heterocycles. The van der Waals surface area contributed by atoms with E-state index in [1.165, 1.54) is 24.3 Å². The number of aromatic nitrogens is 1. The number of carbonyl (C=O) groups excluding carboxylic acids is 3. The fraction of sp³-hybridized carbons (Fsp3) is 0.435. The van der Waals surface area contributed by atoms with Crippen LogP contribution in [0.2, 0.25) is 0 Å².